The fourth-order valence-electron chi connectivity index (χ4n) is 1.36. The third kappa shape index (κ3) is 4.48. The predicted molar refractivity (Wildman–Crippen MR) is 69.8 cm³/mol. The number of unbranched alkanes of at least 4 members (excludes halogenated alkanes) is 1. The van der Waals surface area contributed by atoms with Crippen LogP contribution in [0.3, 0.4) is 0 Å². The van der Waals surface area contributed by atoms with Gasteiger partial charge in [0.15, 0.2) is 0 Å². The lowest BCUT2D eigenvalue weighted by atomic mass is 10.2. The van der Waals surface area contributed by atoms with Crippen LogP contribution in [0, 0.1) is 11.6 Å². The molecule has 1 rings (SSSR count). The SMILES string of the molecule is N/C(CCCCNc1cc(F)c(Br)cc1F)=N/O. The Morgan fingerprint density at radius 1 is 1.33 bits per heavy atom. The van der Waals surface area contributed by atoms with Crippen LogP contribution in [0.5, 0.6) is 0 Å². The Bertz CT molecular complexity index is 441. The van der Waals surface area contributed by atoms with E-state index in [9.17, 15) is 8.78 Å². The first kappa shape index (κ1) is 14.7. The van der Waals surface area contributed by atoms with Crippen molar-refractivity contribution in [2.24, 2.45) is 10.9 Å². The summed E-state index contributed by atoms with van der Waals surface area (Å²) in [4.78, 5) is 0. The minimum absolute atomic E-state index is 0.0949. The molecule has 0 aliphatic heterocycles. The molecule has 0 unspecified atom stereocenters. The second-order valence-electron chi connectivity index (χ2n) is 3.72. The van der Waals surface area contributed by atoms with E-state index in [2.05, 4.69) is 26.4 Å². The lowest BCUT2D eigenvalue weighted by Crippen LogP contribution is -2.12. The number of oxime groups is 1. The maximum atomic E-state index is 13.4. The molecule has 0 saturated carbocycles. The monoisotopic (exact) mass is 321 g/mol. The zero-order valence-corrected chi connectivity index (χ0v) is 11.2. The summed E-state index contributed by atoms with van der Waals surface area (Å²) >= 11 is 2.90. The molecule has 1 aromatic carbocycles. The summed E-state index contributed by atoms with van der Waals surface area (Å²) in [7, 11) is 0. The fraction of sp³-hybridized carbons (Fsp3) is 0.364. The van der Waals surface area contributed by atoms with Gasteiger partial charge in [-0.05, 0) is 34.8 Å². The van der Waals surface area contributed by atoms with Crippen molar-refractivity contribution in [1.82, 2.24) is 0 Å². The van der Waals surface area contributed by atoms with Gasteiger partial charge in [0.1, 0.15) is 17.5 Å². The Balaban J connectivity index is 2.38. The number of rotatable bonds is 6. The van der Waals surface area contributed by atoms with Crippen molar-refractivity contribution >= 4 is 27.5 Å². The number of halogens is 3. The van der Waals surface area contributed by atoms with E-state index in [4.69, 9.17) is 10.9 Å². The Hall–Kier alpha value is -1.37. The number of nitrogens with one attached hydrogen (secondary N) is 1. The normalized spacial score (nSPS) is 11.6. The molecule has 7 heteroatoms. The highest BCUT2D eigenvalue weighted by Gasteiger charge is 2.07. The van der Waals surface area contributed by atoms with Crippen molar-refractivity contribution in [3.8, 4) is 0 Å². The molecular formula is C11H14BrF2N3O. The van der Waals surface area contributed by atoms with E-state index in [0.29, 0.717) is 25.8 Å². The minimum Gasteiger partial charge on any atom is -0.409 e. The topological polar surface area (TPSA) is 70.6 Å². The van der Waals surface area contributed by atoms with Crippen molar-refractivity contribution in [1.29, 1.82) is 0 Å². The standard InChI is InChI=1S/C11H14BrF2N3O/c12-7-5-9(14)10(6-8(7)13)16-4-2-1-3-11(15)17-18/h5-6,16,18H,1-4H2,(H2,15,17). The first-order valence-corrected chi connectivity index (χ1v) is 6.18. The van der Waals surface area contributed by atoms with E-state index in [0.717, 1.165) is 12.1 Å². The molecule has 18 heavy (non-hydrogen) atoms. The van der Waals surface area contributed by atoms with Gasteiger partial charge in [-0.1, -0.05) is 5.16 Å². The molecule has 0 aromatic heterocycles. The molecule has 0 amide bonds. The zero-order valence-electron chi connectivity index (χ0n) is 9.59. The van der Waals surface area contributed by atoms with Crippen LogP contribution in [0.15, 0.2) is 21.8 Å². The van der Waals surface area contributed by atoms with Crippen LogP contribution < -0.4 is 11.1 Å². The van der Waals surface area contributed by atoms with Gasteiger partial charge >= 0.3 is 0 Å². The van der Waals surface area contributed by atoms with Crippen LogP contribution >= 0.6 is 15.9 Å². The molecule has 0 fully saturated rings. The van der Waals surface area contributed by atoms with Crippen LogP contribution in [0.2, 0.25) is 0 Å². The molecule has 0 bridgehead atoms. The quantitative estimate of drug-likeness (QED) is 0.188. The molecule has 4 N–H and O–H groups in total. The van der Waals surface area contributed by atoms with Gasteiger partial charge in [-0.2, -0.15) is 0 Å². The third-order valence-electron chi connectivity index (χ3n) is 2.31. The Morgan fingerprint density at radius 2 is 2.06 bits per heavy atom. The lowest BCUT2D eigenvalue weighted by Gasteiger charge is -2.08. The summed E-state index contributed by atoms with van der Waals surface area (Å²) in [6.45, 7) is 0.483. The molecule has 0 radical (unpaired) electrons. The zero-order chi connectivity index (χ0) is 13.5. The lowest BCUT2D eigenvalue weighted by molar-refractivity contribution is 0.316. The van der Waals surface area contributed by atoms with Gasteiger partial charge in [-0.15, -0.1) is 0 Å². The Kier molecular flexibility index (Phi) is 5.84. The van der Waals surface area contributed by atoms with Gasteiger partial charge < -0.3 is 16.3 Å². The summed E-state index contributed by atoms with van der Waals surface area (Å²) < 4.78 is 26.7. The first-order valence-electron chi connectivity index (χ1n) is 5.39. The molecule has 0 aliphatic rings. The van der Waals surface area contributed by atoms with Crippen molar-refractivity contribution in [2.45, 2.75) is 19.3 Å². The van der Waals surface area contributed by atoms with E-state index < -0.39 is 11.6 Å². The molecule has 1 aromatic rings. The summed E-state index contributed by atoms with van der Waals surface area (Å²) in [6, 6.07) is 2.18. The van der Waals surface area contributed by atoms with Crippen molar-refractivity contribution in [2.75, 3.05) is 11.9 Å². The molecule has 4 nitrogen and oxygen atoms in total. The van der Waals surface area contributed by atoms with Gasteiger partial charge in [0, 0.05) is 19.0 Å². The maximum absolute atomic E-state index is 13.4. The van der Waals surface area contributed by atoms with E-state index in [1.54, 1.807) is 0 Å². The molecular weight excluding hydrogens is 308 g/mol. The van der Waals surface area contributed by atoms with Gasteiger partial charge in [0.05, 0.1) is 10.2 Å². The molecule has 0 atom stereocenters. The maximum Gasteiger partial charge on any atom is 0.147 e. The summed E-state index contributed by atoms with van der Waals surface area (Å²) in [6.07, 6.45) is 1.87. The molecule has 0 spiro atoms. The second-order valence-corrected chi connectivity index (χ2v) is 4.58. The van der Waals surface area contributed by atoms with Crippen molar-refractivity contribution in [3.05, 3.63) is 28.2 Å². The number of nitrogens with zero attached hydrogens (tertiary/aromatic N) is 1. The summed E-state index contributed by atoms with van der Waals surface area (Å²) in [5, 5.41) is 13.9. The Labute approximate surface area is 112 Å². The second kappa shape index (κ2) is 7.15. The highest BCUT2D eigenvalue weighted by atomic mass is 79.9. The van der Waals surface area contributed by atoms with Gasteiger partial charge in [-0.25, -0.2) is 8.78 Å². The van der Waals surface area contributed by atoms with Crippen molar-refractivity contribution in [3.63, 3.8) is 0 Å². The highest BCUT2D eigenvalue weighted by molar-refractivity contribution is 9.10. The number of anilines is 1. The molecule has 0 saturated heterocycles. The largest absolute Gasteiger partial charge is 0.409 e. The van der Waals surface area contributed by atoms with Crippen molar-refractivity contribution < 1.29 is 14.0 Å². The van der Waals surface area contributed by atoms with Gasteiger partial charge in [-0.3, -0.25) is 0 Å². The number of hydrogen-bond acceptors (Lipinski definition) is 3. The smallest absolute Gasteiger partial charge is 0.147 e. The minimum atomic E-state index is -0.518. The molecule has 0 aliphatic carbocycles. The summed E-state index contributed by atoms with van der Waals surface area (Å²) in [5.74, 6) is -0.869. The first-order chi connectivity index (χ1) is 8.54. The number of benzene rings is 1. The average molecular weight is 322 g/mol. The summed E-state index contributed by atoms with van der Waals surface area (Å²) in [5.41, 5.74) is 5.42. The van der Waals surface area contributed by atoms with E-state index >= 15 is 0 Å². The highest BCUT2D eigenvalue weighted by Crippen LogP contribution is 2.23. The van der Waals surface area contributed by atoms with Gasteiger partial charge in [0.25, 0.3) is 0 Å². The van der Waals surface area contributed by atoms with Gasteiger partial charge in [0.2, 0.25) is 0 Å². The number of amidine groups is 1. The van der Waals surface area contributed by atoms with Crippen LogP contribution in [0.1, 0.15) is 19.3 Å². The van der Waals surface area contributed by atoms with Crippen LogP contribution in [-0.2, 0) is 0 Å². The Morgan fingerprint density at radius 3 is 2.72 bits per heavy atom. The van der Waals surface area contributed by atoms with Crippen LogP contribution in [0.4, 0.5) is 14.5 Å². The van der Waals surface area contributed by atoms with E-state index in [-0.39, 0.29) is 16.0 Å². The number of nitrogens with two attached hydrogens (primary N) is 1. The average Bonchev–Trinajstić information content (AvgIpc) is 2.34. The molecule has 100 valence electrons. The number of hydrogen-bond donors (Lipinski definition) is 3. The van der Waals surface area contributed by atoms with E-state index in [1.165, 1.54) is 0 Å². The predicted octanol–water partition coefficient (Wildman–Crippen LogP) is 3.06. The van der Waals surface area contributed by atoms with Crippen LogP contribution in [0.25, 0.3) is 0 Å². The van der Waals surface area contributed by atoms with E-state index in [1.807, 2.05) is 0 Å². The molecule has 0 heterocycles. The van der Waals surface area contributed by atoms with Crippen LogP contribution in [-0.4, -0.2) is 17.6 Å². The fourth-order valence-corrected chi connectivity index (χ4v) is 1.68. The third-order valence-corrected chi connectivity index (χ3v) is 2.92.